The summed E-state index contributed by atoms with van der Waals surface area (Å²) >= 11 is 0. The van der Waals surface area contributed by atoms with Gasteiger partial charge < -0.3 is 14.7 Å². The number of amides is 1. The van der Waals surface area contributed by atoms with E-state index in [9.17, 15) is 9.59 Å². The van der Waals surface area contributed by atoms with Crippen molar-refractivity contribution < 1.29 is 19.4 Å². The number of ether oxygens (including phenoxy) is 1. The Morgan fingerprint density at radius 3 is 2.96 bits per heavy atom. The Kier molecular flexibility index (Phi) is 4.28. The molecule has 0 aliphatic carbocycles. The van der Waals surface area contributed by atoms with Crippen LogP contribution in [0.5, 0.6) is 0 Å². The second-order valence-electron chi connectivity index (χ2n) is 6.26. The van der Waals surface area contributed by atoms with Crippen molar-refractivity contribution in [3.8, 4) is 5.69 Å². The smallest absolute Gasteiger partial charge is 0.334 e. The topological polar surface area (TPSA) is 110 Å². The van der Waals surface area contributed by atoms with Crippen LogP contribution in [0.4, 0.5) is 0 Å². The van der Waals surface area contributed by atoms with Gasteiger partial charge in [0.1, 0.15) is 0 Å². The minimum atomic E-state index is -1.09. The summed E-state index contributed by atoms with van der Waals surface area (Å²) < 4.78 is 6.75. The number of carboxylic acid groups (broad SMARTS) is 1. The van der Waals surface area contributed by atoms with Gasteiger partial charge in [-0.3, -0.25) is 9.78 Å². The number of pyridine rings is 1. The third kappa shape index (κ3) is 3.13. The summed E-state index contributed by atoms with van der Waals surface area (Å²) in [7, 11) is 0. The molecule has 2 aromatic heterocycles. The molecule has 1 aliphatic rings. The second-order valence-corrected chi connectivity index (χ2v) is 6.26. The van der Waals surface area contributed by atoms with Crippen LogP contribution in [0, 0.1) is 6.92 Å². The van der Waals surface area contributed by atoms with Crippen LogP contribution in [-0.2, 0) is 9.53 Å². The minimum absolute atomic E-state index is 0.0118. The van der Waals surface area contributed by atoms with Gasteiger partial charge in [0.05, 0.1) is 30.0 Å². The van der Waals surface area contributed by atoms with Gasteiger partial charge in [-0.1, -0.05) is 11.3 Å². The number of carbonyl (C=O) groups is 2. The number of carbonyl (C=O) groups excluding carboxylic acids is 1. The van der Waals surface area contributed by atoms with Gasteiger partial charge in [-0.25, -0.2) is 9.48 Å². The maximum absolute atomic E-state index is 12.8. The van der Waals surface area contributed by atoms with E-state index in [1.807, 2.05) is 30.3 Å². The summed E-state index contributed by atoms with van der Waals surface area (Å²) in [4.78, 5) is 29.6. The van der Waals surface area contributed by atoms with E-state index in [0.717, 1.165) is 16.6 Å². The van der Waals surface area contributed by atoms with E-state index in [1.165, 1.54) is 4.90 Å². The standard InChI is InChI=1S/C18H17N5O4/c1-11-16(17(24)22-7-8-27-15(10-22)18(25)26)20-21-23(11)13-4-5-14-12(9-13)3-2-6-19-14/h2-6,9,15H,7-8,10H2,1H3,(H,25,26). The fourth-order valence-corrected chi connectivity index (χ4v) is 3.10. The number of fused-ring (bicyclic) bond motifs is 1. The van der Waals surface area contributed by atoms with Crippen molar-refractivity contribution in [2.75, 3.05) is 19.7 Å². The zero-order valence-corrected chi connectivity index (χ0v) is 14.6. The molecule has 9 heteroatoms. The zero-order valence-electron chi connectivity index (χ0n) is 14.6. The highest BCUT2D eigenvalue weighted by Gasteiger charge is 2.31. The molecule has 27 heavy (non-hydrogen) atoms. The lowest BCUT2D eigenvalue weighted by molar-refractivity contribution is -0.154. The second kappa shape index (κ2) is 6.76. The molecule has 1 saturated heterocycles. The molecule has 1 unspecified atom stereocenters. The highest BCUT2D eigenvalue weighted by atomic mass is 16.5. The maximum atomic E-state index is 12.8. The van der Waals surface area contributed by atoms with Gasteiger partial charge in [-0.2, -0.15) is 0 Å². The number of nitrogens with zero attached hydrogens (tertiary/aromatic N) is 5. The normalized spacial score (nSPS) is 17.2. The van der Waals surface area contributed by atoms with Gasteiger partial charge in [0.15, 0.2) is 11.8 Å². The van der Waals surface area contributed by atoms with Crippen LogP contribution in [0.15, 0.2) is 36.5 Å². The molecule has 1 fully saturated rings. The molecule has 138 valence electrons. The Morgan fingerprint density at radius 2 is 2.15 bits per heavy atom. The van der Waals surface area contributed by atoms with Crippen molar-refractivity contribution in [2.45, 2.75) is 13.0 Å². The number of morpholine rings is 1. The first-order valence-corrected chi connectivity index (χ1v) is 8.46. The molecule has 9 nitrogen and oxygen atoms in total. The first-order valence-electron chi connectivity index (χ1n) is 8.46. The van der Waals surface area contributed by atoms with Gasteiger partial charge in [0, 0.05) is 18.1 Å². The molecule has 1 atom stereocenters. The fraction of sp³-hybridized carbons (Fsp3) is 0.278. The third-order valence-electron chi connectivity index (χ3n) is 4.56. The SMILES string of the molecule is Cc1c(C(=O)N2CCOC(C(=O)O)C2)nnn1-c1ccc2ncccc2c1. The quantitative estimate of drug-likeness (QED) is 0.736. The van der Waals surface area contributed by atoms with E-state index in [4.69, 9.17) is 9.84 Å². The third-order valence-corrected chi connectivity index (χ3v) is 4.56. The first kappa shape index (κ1) is 17.1. The van der Waals surface area contributed by atoms with Crippen LogP contribution in [0.3, 0.4) is 0 Å². The summed E-state index contributed by atoms with van der Waals surface area (Å²) in [6, 6.07) is 9.47. The van der Waals surface area contributed by atoms with Crippen LogP contribution in [-0.4, -0.2) is 67.7 Å². The fourth-order valence-electron chi connectivity index (χ4n) is 3.10. The minimum Gasteiger partial charge on any atom is -0.479 e. The maximum Gasteiger partial charge on any atom is 0.334 e. The number of hydrogen-bond acceptors (Lipinski definition) is 6. The molecule has 1 amide bonds. The monoisotopic (exact) mass is 367 g/mol. The summed E-state index contributed by atoms with van der Waals surface area (Å²) in [5.74, 6) is -1.44. The number of aromatic nitrogens is 4. The summed E-state index contributed by atoms with van der Waals surface area (Å²) in [6.45, 7) is 2.24. The number of aliphatic carboxylic acids is 1. The molecular weight excluding hydrogens is 350 g/mol. The van der Waals surface area contributed by atoms with Crippen molar-refractivity contribution in [3.63, 3.8) is 0 Å². The Balaban J connectivity index is 1.63. The number of rotatable bonds is 3. The van der Waals surface area contributed by atoms with Crippen LogP contribution in [0.25, 0.3) is 16.6 Å². The van der Waals surface area contributed by atoms with Crippen molar-refractivity contribution in [1.82, 2.24) is 24.9 Å². The van der Waals surface area contributed by atoms with E-state index in [-0.39, 0.29) is 24.8 Å². The average molecular weight is 367 g/mol. The van der Waals surface area contributed by atoms with Crippen molar-refractivity contribution in [3.05, 3.63) is 47.9 Å². The van der Waals surface area contributed by atoms with Gasteiger partial charge in [-0.15, -0.1) is 5.10 Å². The molecular formula is C18H17N5O4. The molecule has 1 N–H and O–H groups in total. The summed E-state index contributed by atoms with van der Waals surface area (Å²) in [5, 5.41) is 18.2. The lowest BCUT2D eigenvalue weighted by Crippen LogP contribution is -2.48. The lowest BCUT2D eigenvalue weighted by atomic mass is 10.2. The van der Waals surface area contributed by atoms with E-state index in [0.29, 0.717) is 12.2 Å². The molecule has 0 bridgehead atoms. The predicted molar refractivity (Wildman–Crippen MR) is 94.7 cm³/mol. The predicted octanol–water partition coefficient (Wildman–Crippen LogP) is 1.05. The van der Waals surface area contributed by atoms with Gasteiger partial charge in [-0.05, 0) is 31.2 Å². The van der Waals surface area contributed by atoms with Crippen molar-refractivity contribution in [2.24, 2.45) is 0 Å². The van der Waals surface area contributed by atoms with Gasteiger partial charge in [0.25, 0.3) is 5.91 Å². The Morgan fingerprint density at radius 1 is 1.30 bits per heavy atom. The Hall–Kier alpha value is -3.33. The van der Waals surface area contributed by atoms with Crippen LogP contribution in [0.2, 0.25) is 0 Å². The average Bonchev–Trinajstić information content (AvgIpc) is 3.08. The molecule has 0 spiro atoms. The number of hydrogen-bond donors (Lipinski definition) is 1. The van der Waals surface area contributed by atoms with E-state index in [1.54, 1.807) is 17.8 Å². The van der Waals surface area contributed by atoms with E-state index in [2.05, 4.69) is 15.3 Å². The van der Waals surface area contributed by atoms with Crippen LogP contribution < -0.4 is 0 Å². The summed E-state index contributed by atoms with van der Waals surface area (Å²) in [6.07, 6.45) is 0.706. The van der Waals surface area contributed by atoms with Crippen molar-refractivity contribution >= 4 is 22.8 Å². The highest BCUT2D eigenvalue weighted by molar-refractivity contribution is 5.94. The molecule has 4 rings (SSSR count). The Labute approximate surface area is 154 Å². The largest absolute Gasteiger partial charge is 0.479 e. The molecule has 0 radical (unpaired) electrons. The van der Waals surface area contributed by atoms with Gasteiger partial charge in [0.2, 0.25) is 0 Å². The first-order chi connectivity index (χ1) is 13.0. The van der Waals surface area contributed by atoms with E-state index >= 15 is 0 Å². The van der Waals surface area contributed by atoms with E-state index < -0.39 is 12.1 Å². The number of carboxylic acids is 1. The zero-order chi connectivity index (χ0) is 19.0. The van der Waals surface area contributed by atoms with Crippen LogP contribution in [0.1, 0.15) is 16.2 Å². The molecule has 1 aliphatic heterocycles. The van der Waals surface area contributed by atoms with Gasteiger partial charge >= 0.3 is 5.97 Å². The highest BCUT2D eigenvalue weighted by Crippen LogP contribution is 2.19. The molecule has 1 aromatic carbocycles. The number of benzene rings is 1. The lowest BCUT2D eigenvalue weighted by Gasteiger charge is -2.30. The molecule has 3 aromatic rings. The summed E-state index contributed by atoms with van der Waals surface area (Å²) in [5.41, 5.74) is 2.42. The molecule has 0 saturated carbocycles. The molecule has 3 heterocycles. The Bertz CT molecular complexity index is 1030. The van der Waals surface area contributed by atoms with Crippen molar-refractivity contribution in [1.29, 1.82) is 0 Å². The van der Waals surface area contributed by atoms with Crippen LogP contribution >= 0.6 is 0 Å².